The molecule has 0 aliphatic rings. The molecule has 0 aromatic carbocycles. The quantitative estimate of drug-likeness (QED) is 0.397. The number of rotatable bonds is 4. The van der Waals surface area contributed by atoms with Crippen LogP contribution in [-0.4, -0.2) is 23.1 Å². The summed E-state index contributed by atoms with van der Waals surface area (Å²) >= 11 is 0. The van der Waals surface area contributed by atoms with E-state index in [0.717, 1.165) is 14.0 Å². The molecule has 2 atom stereocenters. The molecule has 0 bridgehead atoms. The summed E-state index contributed by atoms with van der Waals surface area (Å²) in [5, 5.41) is 0. The van der Waals surface area contributed by atoms with E-state index in [1.54, 1.807) is 0 Å². The van der Waals surface area contributed by atoms with Crippen LogP contribution in [0.1, 0.15) is 20.3 Å². The van der Waals surface area contributed by atoms with Crippen LogP contribution in [0.5, 0.6) is 0 Å². The first kappa shape index (κ1) is 27.9. The Hall–Kier alpha value is 1.64. The Morgan fingerprint density at radius 2 is 1.56 bits per heavy atom. The molecular weight excluding hydrogens is 308 g/mol. The van der Waals surface area contributed by atoms with E-state index in [1.807, 2.05) is 0 Å². The SMILES string of the molecule is CCC(=O)P(=O)([O-])O.COP(=O)([O-])C(C)=O.[Na+].[Na+]. The normalized spacial score (nSPS) is 15.4. The van der Waals surface area contributed by atoms with Gasteiger partial charge in [0, 0.05) is 20.5 Å². The molecule has 0 aliphatic carbocycles. The third-order valence-corrected chi connectivity index (χ3v) is 3.44. The van der Waals surface area contributed by atoms with Crippen molar-refractivity contribution in [2.45, 2.75) is 20.3 Å². The van der Waals surface area contributed by atoms with Crippen molar-refractivity contribution >= 4 is 26.2 Å². The van der Waals surface area contributed by atoms with E-state index in [-0.39, 0.29) is 65.5 Å². The molecule has 0 aromatic heterocycles. The summed E-state index contributed by atoms with van der Waals surface area (Å²) in [6.07, 6.45) is -0.169. The van der Waals surface area contributed by atoms with E-state index in [2.05, 4.69) is 4.52 Å². The van der Waals surface area contributed by atoms with Crippen LogP contribution in [0.4, 0.5) is 0 Å². The molecule has 0 rings (SSSR count). The Morgan fingerprint density at radius 3 is 1.56 bits per heavy atom. The second kappa shape index (κ2) is 12.4. The third-order valence-electron chi connectivity index (χ3n) is 1.24. The van der Waals surface area contributed by atoms with Crippen molar-refractivity contribution in [2.75, 3.05) is 7.11 Å². The predicted octanol–water partition coefficient (Wildman–Crippen LogP) is -6.79. The van der Waals surface area contributed by atoms with E-state index >= 15 is 0 Å². The standard InChI is InChI=1S/2C3H7O4P.2Na/c1-3(4)8(5,6)7-2;1-2-3(4)8(5,6)7;;/h1-2H3,(H,5,6);2H2,1H3,(H2,5,6,7);;/q;;2*+1/p-2. The molecule has 0 heterocycles. The maximum Gasteiger partial charge on any atom is 1.00 e. The Labute approximate surface area is 149 Å². The van der Waals surface area contributed by atoms with Gasteiger partial charge in [-0.05, 0) is 0 Å². The number of carbonyl (C=O) groups excluding carboxylic acids is 2. The average Bonchev–Trinajstić information content (AvgIpc) is 2.15. The average molecular weight is 320 g/mol. The van der Waals surface area contributed by atoms with E-state index in [9.17, 15) is 28.5 Å². The van der Waals surface area contributed by atoms with Crippen molar-refractivity contribution in [3.8, 4) is 0 Å². The topological polar surface area (TPSA) is 144 Å². The second-order valence-electron chi connectivity index (χ2n) is 2.47. The zero-order valence-corrected chi connectivity index (χ0v) is 16.7. The van der Waals surface area contributed by atoms with Gasteiger partial charge in [-0.15, -0.1) is 0 Å². The smallest absolute Gasteiger partial charge is 0.773 e. The minimum atomic E-state index is -4.65. The van der Waals surface area contributed by atoms with Gasteiger partial charge in [0.1, 0.15) is 0 Å². The van der Waals surface area contributed by atoms with Gasteiger partial charge in [-0.2, -0.15) is 0 Å². The van der Waals surface area contributed by atoms with Crippen LogP contribution in [0.25, 0.3) is 0 Å². The van der Waals surface area contributed by atoms with Gasteiger partial charge in [0.05, 0.1) is 0 Å². The van der Waals surface area contributed by atoms with Crippen LogP contribution >= 0.6 is 15.2 Å². The van der Waals surface area contributed by atoms with Crippen LogP contribution in [-0.2, 0) is 23.2 Å². The van der Waals surface area contributed by atoms with Crippen LogP contribution in [0.2, 0.25) is 0 Å². The number of hydrogen-bond acceptors (Lipinski definition) is 7. The summed E-state index contributed by atoms with van der Waals surface area (Å²) in [6.45, 7) is 2.31. The molecule has 96 valence electrons. The molecule has 12 heteroatoms. The fourth-order valence-corrected chi connectivity index (χ4v) is 0.985. The predicted molar refractivity (Wildman–Crippen MR) is 50.4 cm³/mol. The minimum absolute atomic E-state index is 0. The molecule has 0 spiro atoms. The first-order chi connectivity index (χ1) is 6.99. The second-order valence-corrected chi connectivity index (χ2v) is 6.00. The largest absolute Gasteiger partial charge is 1.00 e. The summed E-state index contributed by atoms with van der Waals surface area (Å²) < 4.78 is 23.8. The minimum Gasteiger partial charge on any atom is -0.773 e. The summed E-state index contributed by atoms with van der Waals surface area (Å²) in [6, 6.07) is 0. The molecule has 1 N–H and O–H groups in total. The molecule has 0 radical (unpaired) electrons. The molecule has 0 saturated carbocycles. The molecule has 18 heavy (non-hydrogen) atoms. The van der Waals surface area contributed by atoms with Gasteiger partial charge in [0.25, 0.3) is 0 Å². The van der Waals surface area contributed by atoms with E-state index < -0.39 is 26.2 Å². The number of carbonyl (C=O) groups is 2. The number of hydrogen-bond donors (Lipinski definition) is 1. The van der Waals surface area contributed by atoms with Gasteiger partial charge in [-0.25, -0.2) is 0 Å². The van der Waals surface area contributed by atoms with Gasteiger partial charge in [-0.1, -0.05) is 6.92 Å². The van der Waals surface area contributed by atoms with Crippen molar-refractivity contribution in [3.63, 3.8) is 0 Å². The monoisotopic (exact) mass is 320 g/mol. The molecular formula is C6H12Na2O8P2. The maximum atomic E-state index is 10.2. The molecule has 0 aromatic rings. The van der Waals surface area contributed by atoms with Crippen molar-refractivity contribution < 1.29 is 97.0 Å². The van der Waals surface area contributed by atoms with Crippen LogP contribution in [0, 0.1) is 0 Å². The van der Waals surface area contributed by atoms with Crippen LogP contribution < -0.4 is 68.9 Å². The van der Waals surface area contributed by atoms with E-state index in [1.165, 1.54) is 6.92 Å². The summed E-state index contributed by atoms with van der Waals surface area (Å²) in [5.74, 6) is 0. The van der Waals surface area contributed by atoms with Crippen LogP contribution in [0.15, 0.2) is 0 Å². The Morgan fingerprint density at radius 1 is 1.22 bits per heavy atom. The van der Waals surface area contributed by atoms with Gasteiger partial charge in [-0.3, -0.25) is 9.59 Å². The van der Waals surface area contributed by atoms with Gasteiger partial charge in [0.2, 0.25) is 11.0 Å². The Balaban J connectivity index is -0.0000000980. The van der Waals surface area contributed by atoms with Crippen LogP contribution in [0.3, 0.4) is 0 Å². The fourth-order valence-electron chi connectivity index (χ4n) is 0.328. The molecule has 0 saturated heterocycles. The summed E-state index contributed by atoms with van der Waals surface area (Å²) in [4.78, 5) is 47.9. The zero-order valence-electron chi connectivity index (χ0n) is 10.9. The Bertz CT molecular complexity index is 351. The molecule has 2 unspecified atom stereocenters. The Kier molecular flexibility index (Phi) is 19.2. The summed E-state index contributed by atoms with van der Waals surface area (Å²) in [7, 11) is -7.83. The summed E-state index contributed by atoms with van der Waals surface area (Å²) in [5.41, 5.74) is -2.06. The van der Waals surface area contributed by atoms with Crippen molar-refractivity contribution in [2.24, 2.45) is 0 Å². The van der Waals surface area contributed by atoms with Crippen molar-refractivity contribution in [1.82, 2.24) is 0 Å². The molecule has 0 aliphatic heterocycles. The van der Waals surface area contributed by atoms with Gasteiger partial charge < -0.3 is 28.3 Å². The van der Waals surface area contributed by atoms with Gasteiger partial charge in [0.15, 0.2) is 15.2 Å². The maximum absolute atomic E-state index is 10.2. The van der Waals surface area contributed by atoms with E-state index in [4.69, 9.17) is 4.89 Å². The molecule has 0 amide bonds. The van der Waals surface area contributed by atoms with Crippen molar-refractivity contribution in [1.29, 1.82) is 0 Å². The molecule has 8 nitrogen and oxygen atoms in total. The first-order valence-corrected chi connectivity index (χ1v) is 7.06. The van der Waals surface area contributed by atoms with Gasteiger partial charge >= 0.3 is 59.1 Å². The fraction of sp³-hybridized carbons (Fsp3) is 0.667. The zero-order chi connectivity index (χ0) is 13.6. The first-order valence-electron chi connectivity index (χ1n) is 3.94. The van der Waals surface area contributed by atoms with E-state index in [0.29, 0.717) is 0 Å². The van der Waals surface area contributed by atoms with Crippen molar-refractivity contribution in [3.05, 3.63) is 0 Å². The third kappa shape index (κ3) is 14.1. The molecule has 0 fully saturated rings.